The molecule has 0 amide bonds. The van der Waals surface area contributed by atoms with Crippen molar-refractivity contribution in [2.45, 2.75) is 12.8 Å². The molecular weight excluding hydrogens is 241 g/mol. The van der Waals surface area contributed by atoms with Gasteiger partial charge in [0, 0.05) is 5.56 Å². The third kappa shape index (κ3) is 4.21. The van der Waals surface area contributed by atoms with Gasteiger partial charge in [0.2, 0.25) is 0 Å². The minimum Gasteiger partial charge on any atom is -0.497 e. The lowest BCUT2D eigenvalue weighted by atomic mass is 10.1. The fraction of sp³-hybridized carbons (Fsp3) is 0.300. The molecule has 4 nitrogen and oxygen atoms in total. The summed E-state index contributed by atoms with van der Waals surface area (Å²) in [6, 6.07) is 3.46. The zero-order valence-electron chi connectivity index (χ0n) is 8.75. The van der Waals surface area contributed by atoms with Gasteiger partial charge in [0.25, 0.3) is 0 Å². The first-order valence-electron chi connectivity index (χ1n) is 4.46. The highest BCUT2D eigenvalue weighted by Crippen LogP contribution is 2.29. The standard InChI is InChI=1S/C10H9F3O4/c1-16-7-2-3-8(17-10(11,12)13)6(4-7)5-9(14)15/h2-4H,5H2,1H3,(H,14,15). The summed E-state index contributed by atoms with van der Waals surface area (Å²) in [7, 11) is 1.32. The molecule has 1 rings (SSSR count). The molecule has 94 valence electrons. The summed E-state index contributed by atoms with van der Waals surface area (Å²) >= 11 is 0. The molecule has 0 aromatic heterocycles. The number of hydrogen-bond donors (Lipinski definition) is 1. The molecular formula is C10H9F3O4. The van der Waals surface area contributed by atoms with Gasteiger partial charge in [-0.05, 0) is 18.2 Å². The van der Waals surface area contributed by atoms with Gasteiger partial charge in [-0.25, -0.2) is 0 Å². The lowest BCUT2D eigenvalue weighted by Gasteiger charge is -2.13. The fourth-order valence-corrected chi connectivity index (χ4v) is 1.21. The number of methoxy groups -OCH3 is 1. The first-order valence-corrected chi connectivity index (χ1v) is 4.46. The normalized spacial score (nSPS) is 11.1. The number of carboxylic acids is 1. The van der Waals surface area contributed by atoms with Crippen LogP contribution in [0, 0.1) is 0 Å². The third-order valence-electron chi connectivity index (χ3n) is 1.84. The van der Waals surface area contributed by atoms with Gasteiger partial charge in [0.05, 0.1) is 13.5 Å². The molecule has 0 saturated carbocycles. The number of rotatable bonds is 4. The van der Waals surface area contributed by atoms with Crippen LogP contribution in [0.1, 0.15) is 5.56 Å². The molecule has 1 aromatic carbocycles. The molecule has 0 heterocycles. The quantitative estimate of drug-likeness (QED) is 0.890. The maximum Gasteiger partial charge on any atom is 0.573 e. The Kier molecular flexibility index (Phi) is 3.82. The molecule has 0 spiro atoms. The van der Waals surface area contributed by atoms with E-state index in [9.17, 15) is 18.0 Å². The van der Waals surface area contributed by atoms with Crippen molar-refractivity contribution in [1.29, 1.82) is 0 Å². The number of halogens is 3. The van der Waals surface area contributed by atoms with Crippen molar-refractivity contribution in [2.75, 3.05) is 7.11 Å². The SMILES string of the molecule is COc1ccc(OC(F)(F)F)c(CC(=O)O)c1. The second kappa shape index (κ2) is 4.94. The third-order valence-corrected chi connectivity index (χ3v) is 1.84. The summed E-state index contributed by atoms with van der Waals surface area (Å²) in [6.45, 7) is 0. The lowest BCUT2D eigenvalue weighted by molar-refractivity contribution is -0.274. The van der Waals surface area contributed by atoms with Crippen molar-refractivity contribution in [1.82, 2.24) is 0 Å². The van der Waals surface area contributed by atoms with E-state index in [4.69, 9.17) is 9.84 Å². The van der Waals surface area contributed by atoms with Gasteiger partial charge in [0.15, 0.2) is 0 Å². The van der Waals surface area contributed by atoms with E-state index in [0.717, 1.165) is 6.07 Å². The van der Waals surface area contributed by atoms with Gasteiger partial charge in [-0.15, -0.1) is 13.2 Å². The lowest BCUT2D eigenvalue weighted by Crippen LogP contribution is -2.18. The zero-order valence-corrected chi connectivity index (χ0v) is 8.75. The minimum atomic E-state index is -4.86. The maximum absolute atomic E-state index is 12.0. The fourth-order valence-electron chi connectivity index (χ4n) is 1.21. The summed E-state index contributed by atoms with van der Waals surface area (Å²) in [5.74, 6) is -1.54. The van der Waals surface area contributed by atoms with Crippen LogP contribution in [-0.2, 0) is 11.2 Å². The van der Waals surface area contributed by atoms with E-state index in [-0.39, 0.29) is 11.3 Å². The van der Waals surface area contributed by atoms with Gasteiger partial charge in [-0.2, -0.15) is 0 Å². The number of aliphatic carboxylic acids is 1. The Bertz CT molecular complexity index is 415. The van der Waals surface area contributed by atoms with Crippen molar-refractivity contribution < 1.29 is 32.5 Å². The number of alkyl halides is 3. The van der Waals surface area contributed by atoms with Crippen LogP contribution in [0.3, 0.4) is 0 Å². The first kappa shape index (κ1) is 13.1. The summed E-state index contributed by atoms with van der Waals surface area (Å²) < 4.78 is 44.6. The maximum atomic E-state index is 12.0. The van der Waals surface area contributed by atoms with Gasteiger partial charge < -0.3 is 14.6 Å². The Hall–Kier alpha value is -1.92. The van der Waals surface area contributed by atoms with Crippen molar-refractivity contribution in [3.05, 3.63) is 23.8 Å². The second-order valence-corrected chi connectivity index (χ2v) is 3.09. The highest BCUT2D eigenvalue weighted by atomic mass is 19.4. The van der Waals surface area contributed by atoms with Crippen LogP contribution in [0.15, 0.2) is 18.2 Å². The number of benzene rings is 1. The molecule has 0 radical (unpaired) electrons. The van der Waals surface area contributed by atoms with E-state index in [1.54, 1.807) is 0 Å². The van der Waals surface area contributed by atoms with Crippen LogP contribution in [0.2, 0.25) is 0 Å². The molecule has 0 atom stereocenters. The average molecular weight is 250 g/mol. The van der Waals surface area contributed by atoms with E-state index in [1.165, 1.54) is 19.2 Å². The minimum absolute atomic E-state index is 0.103. The summed E-state index contributed by atoms with van der Waals surface area (Å²) in [6.07, 6.45) is -5.44. The van der Waals surface area contributed by atoms with E-state index in [0.29, 0.717) is 0 Å². The predicted molar refractivity (Wildman–Crippen MR) is 51.0 cm³/mol. The summed E-state index contributed by atoms with van der Waals surface area (Å²) in [4.78, 5) is 10.5. The second-order valence-electron chi connectivity index (χ2n) is 3.09. The molecule has 0 unspecified atom stereocenters. The smallest absolute Gasteiger partial charge is 0.497 e. The van der Waals surface area contributed by atoms with Crippen molar-refractivity contribution in [3.63, 3.8) is 0 Å². The molecule has 1 N–H and O–H groups in total. The van der Waals surface area contributed by atoms with E-state index in [2.05, 4.69) is 4.74 Å². The first-order chi connectivity index (χ1) is 7.81. The molecule has 17 heavy (non-hydrogen) atoms. The van der Waals surface area contributed by atoms with Crippen LogP contribution in [0.5, 0.6) is 11.5 Å². The van der Waals surface area contributed by atoms with Crippen LogP contribution in [0.4, 0.5) is 13.2 Å². The molecule has 0 fully saturated rings. The Morgan fingerprint density at radius 1 is 1.41 bits per heavy atom. The molecule has 7 heteroatoms. The zero-order chi connectivity index (χ0) is 13.1. The molecule has 0 aliphatic heterocycles. The number of ether oxygens (including phenoxy) is 2. The van der Waals surface area contributed by atoms with Gasteiger partial charge in [0.1, 0.15) is 11.5 Å². The van der Waals surface area contributed by atoms with Crippen molar-refractivity contribution in [3.8, 4) is 11.5 Å². The number of hydrogen-bond acceptors (Lipinski definition) is 3. The predicted octanol–water partition coefficient (Wildman–Crippen LogP) is 2.22. The van der Waals surface area contributed by atoms with Gasteiger partial charge >= 0.3 is 12.3 Å². The van der Waals surface area contributed by atoms with Gasteiger partial charge in [-0.3, -0.25) is 4.79 Å². The molecule has 0 saturated heterocycles. The van der Waals surface area contributed by atoms with Crippen molar-refractivity contribution in [2.24, 2.45) is 0 Å². The Morgan fingerprint density at radius 3 is 2.53 bits per heavy atom. The van der Waals surface area contributed by atoms with E-state index in [1.807, 2.05) is 0 Å². The van der Waals surface area contributed by atoms with Gasteiger partial charge in [-0.1, -0.05) is 0 Å². The van der Waals surface area contributed by atoms with Crippen LogP contribution in [-0.4, -0.2) is 24.5 Å². The molecule has 0 aliphatic carbocycles. The topological polar surface area (TPSA) is 55.8 Å². The summed E-state index contributed by atoms with van der Waals surface area (Å²) in [5, 5.41) is 8.58. The van der Waals surface area contributed by atoms with Crippen molar-refractivity contribution >= 4 is 5.97 Å². The monoisotopic (exact) mass is 250 g/mol. The molecule has 0 bridgehead atoms. The van der Waals surface area contributed by atoms with E-state index >= 15 is 0 Å². The van der Waals surface area contributed by atoms with Crippen LogP contribution >= 0.6 is 0 Å². The average Bonchev–Trinajstić information content (AvgIpc) is 2.17. The highest BCUT2D eigenvalue weighted by molar-refractivity contribution is 5.71. The van der Waals surface area contributed by atoms with E-state index < -0.39 is 24.5 Å². The van der Waals surface area contributed by atoms with Crippen LogP contribution in [0.25, 0.3) is 0 Å². The molecule has 1 aromatic rings. The Morgan fingerprint density at radius 2 is 2.06 bits per heavy atom. The highest BCUT2D eigenvalue weighted by Gasteiger charge is 2.32. The number of carboxylic acid groups (broad SMARTS) is 1. The summed E-state index contributed by atoms with van der Waals surface area (Å²) in [5.41, 5.74) is -0.103. The number of carbonyl (C=O) groups is 1. The Labute approximate surface area is 94.6 Å². The largest absolute Gasteiger partial charge is 0.573 e. The molecule has 0 aliphatic rings. The van der Waals surface area contributed by atoms with Crippen LogP contribution < -0.4 is 9.47 Å². The Balaban J connectivity index is 3.06.